The van der Waals surface area contributed by atoms with E-state index < -0.39 is 0 Å². The largest absolute Gasteiger partial charge is 0.372 e. The first-order valence-corrected chi connectivity index (χ1v) is 10.5. The summed E-state index contributed by atoms with van der Waals surface area (Å²) in [7, 11) is 0. The Morgan fingerprint density at radius 1 is 1.04 bits per heavy atom. The van der Waals surface area contributed by atoms with E-state index in [1.54, 1.807) is 5.57 Å². The fraction of sp³-hybridized carbons (Fsp3) is 0.870. The SMILES string of the molecule is CC(C)(C)O[C@@H]1CC[C@@]2(C)C(=CC[C@@H]3[C@H]4CCC(=O)[C@]4(C)CC[C@H]32)C1. The molecule has 0 heterocycles. The van der Waals surface area contributed by atoms with Crippen LogP contribution in [0, 0.1) is 28.6 Å². The first-order valence-electron chi connectivity index (χ1n) is 10.5. The van der Waals surface area contributed by atoms with E-state index >= 15 is 0 Å². The van der Waals surface area contributed by atoms with Crippen LogP contribution < -0.4 is 0 Å². The first-order chi connectivity index (χ1) is 11.6. The minimum atomic E-state index is -0.0486. The molecular formula is C23H36O2. The summed E-state index contributed by atoms with van der Waals surface area (Å²) in [6.45, 7) is 11.3. The molecule has 4 rings (SSSR count). The Labute approximate surface area is 153 Å². The van der Waals surface area contributed by atoms with Gasteiger partial charge >= 0.3 is 0 Å². The van der Waals surface area contributed by atoms with E-state index in [1.165, 1.54) is 25.7 Å². The Morgan fingerprint density at radius 3 is 2.44 bits per heavy atom. The van der Waals surface area contributed by atoms with E-state index in [0.717, 1.165) is 37.5 Å². The lowest BCUT2D eigenvalue weighted by Crippen LogP contribution is -2.50. The number of carbonyl (C=O) groups excluding carboxylic acids is 1. The van der Waals surface area contributed by atoms with Gasteiger partial charge in [0.05, 0.1) is 11.7 Å². The molecule has 0 N–H and O–H groups in total. The van der Waals surface area contributed by atoms with Crippen molar-refractivity contribution in [3.63, 3.8) is 0 Å². The van der Waals surface area contributed by atoms with Crippen LogP contribution >= 0.6 is 0 Å². The summed E-state index contributed by atoms with van der Waals surface area (Å²) < 4.78 is 6.32. The molecule has 0 bridgehead atoms. The average molecular weight is 345 g/mol. The third-order valence-electron chi connectivity index (χ3n) is 8.29. The lowest BCUT2D eigenvalue weighted by atomic mass is 9.48. The molecule has 0 aliphatic heterocycles. The molecule has 0 amide bonds. The monoisotopic (exact) mass is 344 g/mol. The second-order valence-electron chi connectivity index (χ2n) is 10.8. The predicted octanol–water partition coefficient (Wildman–Crippen LogP) is 5.70. The Bertz CT molecular complexity index is 598. The molecule has 2 nitrogen and oxygen atoms in total. The molecule has 4 aliphatic carbocycles. The molecule has 0 radical (unpaired) electrons. The Morgan fingerprint density at radius 2 is 1.72 bits per heavy atom. The van der Waals surface area contributed by atoms with E-state index in [1.807, 2.05) is 0 Å². The van der Waals surface area contributed by atoms with Gasteiger partial charge in [0, 0.05) is 11.8 Å². The van der Waals surface area contributed by atoms with Crippen molar-refractivity contribution in [2.45, 2.75) is 97.7 Å². The zero-order chi connectivity index (χ0) is 18.0. The van der Waals surface area contributed by atoms with E-state index in [2.05, 4.69) is 40.7 Å². The van der Waals surface area contributed by atoms with Crippen LogP contribution in [0.2, 0.25) is 0 Å². The number of allylic oxidation sites excluding steroid dienone is 1. The normalized spacial score (nSPS) is 46.9. The Hall–Kier alpha value is -0.630. The molecule has 3 saturated carbocycles. The summed E-state index contributed by atoms with van der Waals surface area (Å²) in [5, 5.41) is 0. The molecular weight excluding hydrogens is 308 g/mol. The van der Waals surface area contributed by atoms with Crippen LogP contribution in [0.5, 0.6) is 0 Å². The van der Waals surface area contributed by atoms with E-state index in [9.17, 15) is 4.79 Å². The highest BCUT2D eigenvalue weighted by atomic mass is 16.5. The van der Waals surface area contributed by atoms with Crippen LogP contribution in [0.15, 0.2) is 11.6 Å². The number of hydrogen-bond acceptors (Lipinski definition) is 2. The number of Topliss-reactive ketones (excluding diaryl/α,β-unsaturated/α-hetero) is 1. The van der Waals surface area contributed by atoms with Gasteiger partial charge in [-0.2, -0.15) is 0 Å². The summed E-state index contributed by atoms with van der Waals surface area (Å²) in [4.78, 5) is 12.5. The molecule has 2 heteroatoms. The minimum Gasteiger partial charge on any atom is -0.372 e. The standard InChI is InChI=1S/C23H36O2/c1-21(2,3)25-16-10-12-22(4)15(14-16)6-7-17-18-8-9-20(24)23(18,5)13-11-19(17)22/h6,16-19H,7-14H2,1-5H3/t16-,17-,18-,19-,22+,23-/m1/s1. The van der Waals surface area contributed by atoms with Gasteiger partial charge in [0.2, 0.25) is 0 Å². The Balaban J connectivity index is 1.57. The maximum Gasteiger partial charge on any atom is 0.139 e. The summed E-state index contributed by atoms with van der Waals surface area (Å²) in [5.74, 6) is 2.71. The minimum absolute atomic E-state index is 0.00455. The van der Waals surface area contributed by atoms with E-state index in [4.69, 9.17) is 4.74 Å². The topological polar surface area (TPSA) is 26.3 Å². The number of rotatable bonds is 1. The molecule has 25 heavy (non-hydrogen) atoms. The van der Waals surface area contributed by atoms with Crippen molar-refractivity contribution < 1.29 is 9.53 Å². The second-order valence-corrected chi connectivity index (χ2v) is 10.8. The van der Waals surface area contributed by atoms with Crippen molar-refractivity contribution in [2.75, 3.05) is 0 Å². The number of ether oxygens (including phenoxy) is 1. The van der Waals surface area contributed by atoms with Crippen LogP contribution in [0.25, 0.3) is 0 Å². The fourth-order valence-electron chi connectivity index (χ4n) is 7.00. The smallest absolute Gasteiger partial charge is 0.139 e. The second kappa shape index (κ2) is 5.68. The maximum atomic E-state index is 12.5. The summed E-state index contributed by atoms with van der Waals surface area (Å²) >= 11 is 0. The van der Waals surface area contributed by atoms with Gasteiger partial charge in [-0.05, 0) is 88.9 Å². The molecule has 0 spiro atoms. The van der Waals surface area contributed by atoms with Crippen LogP contribution in [0.1, 0.15) is 86.0 Å². The number of hydrogen-bond donors (Lipinski definition) is 0. The average Bonchev–Trinajstić information content (AvgIpc) is 2.82. The lowest BCUT2D eigenvalue weighted by molar-refractivity contribution is -0.132. The van der Waals surface area contributed by atoms with Gasteiger partial charge in [-0.25, -0.2) is 0 Å². The molecule has 0 unspecified atom stereocenters. The lowest BCUT2D eigenvalue weighted by Gasteiger charge is -2.57. The van der Waals surface area contributed by atoms with Gasteiger partial charge < -0.3 is 4.74 Å². The van der Waals surface area contributed by atoms with E-state index in [-0.39, 0.29) is 11.0 Å². The van der Waals surface area contributed by atoms with Gasteiger partial charge in [-0.3, -0.25) is 4.79 Å². The highest BCUT2D eigenvalue weighted by Gasteiger charge is 2.58. The number of ketones is 1. The van der Waals surface area contributed by atoms with Gasteiger partial charge in [0.1, 0.15) is 5.78 Å². The molecule has 4 aliphatic rings. The molecule has 0 aromatic rings. The van der Waals surface area contributed by atoms with Crippen LogP contribution in [-0.4, -0.2) is 17.5 Å². The summed E-state index contributed by atoms with van der Waals surface area (Å²) in [6, 6.07) is 0. The van der Waals surface area contributed by atoms with Crippen LogP contribution in [0.3, 0.4) is 0 Å². The third kappa shape index (κ3) is 2.74. The fourth-order valence-corrected chi connectivity index (χ4v) is 7.00. The Kier molecular flexibility index (Phi) is 4.04. The van der Waals surface area contributed by atoms with E-state index in [0.29, 0.717) is 23.2 Å². The molecule has 140 valence electrons. The zero-order valence-corrected chi connectivity index (χ0v) is 16.9. The van der Waals surface area contributed by atoms with Crippen LogP contribution in [-0.2, 0) is 9.53 Å². The molecule has 3 fully saturated rings. The van der Waals surface area contributed by atoms with Crippen molar-refractivity contribution in [1.29, 1.82) is 0 Å². The van der Waals surface area contributed by atoms with Crippen molar-refractivity contribution in [2.24, 2.45) is 28.6 Å². The predicted molar refractivity (Wildman–Crippen MR) is 101 cm³/mol. The summed E-state index contributed by atoms with van der Waals surface area (Å²) in [5.41, 5.74) is 1.97. The number of fused-ring (bicyclic) bond motifs is 5. The van der Waals surface area contributed by atoms with Crippen LogP contribution in [0.4, 0.5) is 0 Å². The van der Waals surface area contributed by atoms with Crippen molar-refractivity contribution >= 4 is 5.78 Å². The molecule has 6 atom stereocenters. The molecule has 0 saturated heterocycles. The zero-order valence-electron chi connectivity index (χ0n) is 16.9. The number of carbonyl (C=O) groups is 1. The van der Waals surface area contributed by atoms with Gasteiger partial charge in [0.25, 0.3) is 0 Å². The van der Waals surface area contributed by atoms with Crippen molar-refractivity contribution in [3.8, 4) is 0 Å². The van der Waals surface area contributed by atoms with Gasteiger partial charge in [0.15, 0.2) is 0 Å². The highest BCUT2D eigenvalue weighted by molar-refractivity contribution is 5.87. The summed E-state index contributed by atoms with van der Waals surface area (Å²) in [6.07, 6.45) is 12.1. The molecule has 0 aromatic heterocycles. The van der Waals surface area contributed by atoms with Crippen molar-refractivity contribution in [1.82, 2.24) is 0 Å². The first kappa shape index (κ1) is 17.8. The third-order valence-corrected chi connectivity index (χ3v) is 8.29. The highest BCUT2D eigenvalue weighted by Crippen LogP contribution is 2.64. The van der Waals surface area contributed by atoms with Gasteiger partial charge in [-0.1, -0.05) is 25.5 Å². The molecule has 0 aromatic carbocycles. The maximum absolute atomic E-state index is 12.5. The quantitative estimate of drug-likeness (QED) is 0.570. The van der Waals surface area contributed by atoms with Crippen molar-refractivity contribution in [3.05, 3.63) is 11.6 Å². The van der Waals surface area contributed by atoms with Gasteiger partial charge in [-0.15, -0.1) is 0 Å².